The van der Waals surface area contributed by atoms with Crippen molar-refractivity contribution in [3.63, 3.8) is 0 Å². The molecule has 11 nitrogen and oxygen atoms in total. The van der Waals surface area contributed by atoms with E-state index in [0.717, 1.165) is 31.2 Å². The van der Waals surface area contributed by atoms with Gasteiger partial charge in [-0.15, -0.1) is 5.06 Å². The molecule has 4 rings (SSSR count). The number of hydroxylamine groups is 2. The van der Waals surface area contributed by atoms with Crippen LogP contribution in [-0.4, -0.2) is 83.3 Å². The van der Waals surface area contributed by atoms with E-state index in [2.05, 4.69) is 15.3 Å². The molecule has 1 aliphatic carbocycles. The van der Waals surface area contributed by atoms with Gasteiger partial charge in [0.15, 0.2) is 5.82 Å². The Bertz CT molecular complexity index is 1050. The first kappa shape index (κ1) is 25.4. The van der Waals surface area contributed by atoms with Crippen LogP contribution in [0.4, 0.5) is 4.79 Å². The monoisotopic (exact) mass is 497 g/mol. The van der Waals surface area contributed by atoms with E-state index >= 15 is 0 Å². The minimum Gasteiger partial charge on any atom is -0.474 e. The Morgan fingerprint density at radius 1 is 1.03 bits per heavy atom. The van der Waals surface area contributed by atoms with Crippen molar-refractivity contribution in [2.24, 2.45) is 0 Å². The number of amides is 2. The molecule has 1 saturated heterocycles. The Kier molecular flexibility index (Phi) is 8.66. The lowest BCUT2D eigenvalue weighted by atomic mass is 10.2. The van der Waals surface area contributed by atoms with E-state index in [-0.39, 0.29) is 30.9 Å². The van der Waals surface area contributed by atoms with Gasteiger partial charge >= 0.3 is 6.16 Å². The van der Waals surface area contributed by atoms with Crippen molar-refractivity contribution in [2.75, 3.05) is 39.3 Å². The number of hydrogen-bond donors (Lipinski definition) is 1. The maximum absolute atomic E-state index is 12.9. The van der Waals surface area contributed by atoms with Gasteiger partial charge in [0.25, 0.3) is 5.91 Å². The third-order valence-electron chi connectivity index (χ3n) is 6.01. The fourth-order valence-electron chi connectivity index (χ4n) is 4.13. The van der Waals surface area contributed by atoms with Crippen molar-refractivity contribution in [1.29, 1.82) is 0 Å². The second-order valence-corrected chi connectivity index (χ2v) is 8.57. The highest BCUT2D eigenvalue weighted by molar-refractivity contribution is 5.95. The number of piperazine rings is 1. The molecule has 0 bridgehead atoms. The van der Waals surface area contributed by atoms with E-state index in [9.17, 15) is 14.4 Å². The molecule has 2 amide bonds. The van der Waals surface area contributed by atoms with E-state index < -0.39 is 12.1 Å². The van der Waals surface area contributed by atoms with E-state index in [1.807, 2.05) is 30.3 Å². The van der Waals surface area contributed by atoms with Crippen LogP contribution in [0.3, 0.4) is 0 Å². The predicted octanol–water partition coefficient (Wildman–Crippen LogP) is 2.43. The maximum atomic E-state index is 12.9. The standard InChI is InChI=1S/C25H31N5O6/c1-2-34-25(33)36-30-14-12-29(13-15-30)22(31)17-26-24(32)20-16-21(35-19-10-6-7-11-19)28-23(27-20)18-8-4-3-5-9-18/h3-5,8-9,16,19H,2,6-7,10-15,17H2,1H3,(H,26,32). The molecule has 0 atom stereocenters. The molecule has 1 N–H and O–H groups in total. The first-order valence-corrected chi connectivity index (χ1v) is 12.3. The zero-order valence-electron chi connectivity index (χ0n) is 20.4. The van der Waals surface area contributed by atoms with Gasteiger partial charge in [-0.1, -0.05) is 30.3 Å². The summed E-state index contributed by atoms with van der Waals surface area (Å²) in [5.41, 5.74) is 0.903. The van der Waals surface area contributed by atoms with Crippen molar-refractivity contribution in [2.45, 2.75) is 38.7 Å². The Balaban J connectivity index is 1.36. The molecule has 1 saturated carbocycles. The van der Waals surface area contributed by atoms with Crippen LogP contribution < -0.4 is 10.1 Å². The summed E-state index contributed by atoms with van der Waals surface area (Å²) in [7, 11) is 0. The Morgan fingerprint density at radius 2 is 1.75 bits per heavy atom. The molecule has 2 heterocycles. The second-order valence-electron chi connectivity index (χ2n) is 8.57. The molecular weight excluding hydrogens is 466 g/mol. The predicted molar refractivity (Wildman–Crippen MR) is 129 cm³/mol. The molecule has 11 heteroatoms. The molecule has 36 heavy (non-hydrogen) atoms. The summed E-state index contributed by atoms with van der Waals surface area (Å²) in [4.78, 5) is 52.6. The summed E-state index contributed by atoms with van der Waals surface area (Å²) >= 11 is 0. The van der Waals surface area contributed by atoms with Gasteiger partial charge in [-0.2, -0.15) is 4.98 Å². The molecule has 0 unspecified atom stereocenters. The summed E-state index contributed by atoms with van der Waals surface area (Å²) in [5.74, 6) is 0.0210. The first-order chi connectivity index (χ1) is 17.5. The first-order valence-electron chi connectivity index (χ1n) is 12.3. The Hall–Kier alpha value is -3.73. The molecule has 192 valence electrons. The van der Waals surface area contributed by atoms with Crippen LogP contribution in [0.1, 0.15) is 43.1 Å². The second kappa shape index (κ2) is 12.3. The molecule has 2 fully saturated rings. The summed E-state index contributed by atoms with van der Waals surface area (Å²) < 4.78 is 10.8. The molecule has 0 spiro atoms. The Labute approximate surface area is 209 Å². The van der Waals surface area contributed by atoms with Gasteiger partial charge in [0.1, 0.15) is 11.8 Å². The fraction of sp³-hybridized carbons (Fsp3) is 0.480. The number of aromatic nitrogens is 2. The largest absolute Gasteiger partial charge is 0.527 e. The van der Waals surface area contributed by atoms with Crippen LogP contribution in [0.5, 0.6) is 5.88 Å². The summed E-state index contributed by atoms with van der Waals surface area (Å²) in [6.45, 7) is 3.17. The molecule has 0 radical (unpaired) electrons. The van der Waals surface area contributed by atoms with E-state index in [0.29, 0.717) is 37.9 Å². The van der Waals surface area contributed by atoms with Gasteiger partial charge in [0.05, 0.1) is 26.2 Å². The van der Waals surface area contributed by atoms with Gasteiger partial charge in [0, 0.05) is 24.7 Å². The number of hydrogen-bond acceptors (Lipinski definition) is 9. The smallest absolute Gasteiger partial charge is 0.474 e. The van der Waals surface area contributed by atoms with Crippen molar-refractivity contribution >= 4 is 18.0 Å². The highest BCUT2D eigenvalue weighted by Crippen LogP contribution is 2.25. The van der Waals surface area contributed by atoms with Crippen molar-refractivity contribution in [3.05, 3.63) is 42.1 Å². The number of carbonyl (C=O) groups excluding carboxylic acids is 3. The van der Waals surface area contributed by atoms with Gasteiger partial charge in [-0.3, -0.25) is 9.59 Å². The lowest BCUT2D eigenvalue weighted by molar-refractivity contribution is -0.155. The minimum atomic E-state index is -0.763. The summed E-state index contributed by atoms with van der Waals surface area (Å²) in [5, 5.41) is 4.12. The van der Waals surface area contributed by atoms with Crippen LogP contribution in [0, 0.1) is 0 Å². The average Bonchev–Trinajstić information content (AvgIpc) is 3.41. The molecule has 1 aromatic carbocycles. The van der Waals surface area contributed by atoms with E-state index in [4.69, 9.17) is 14.3 Å². The van der Waals surface area contributed by atoms with Crippen molar-refractivity contribution < 1.29 is 28.7 Å². The van der Waals surface area contributed by atoms with Crippen LogP contribution in [-0.2, 0) is 14.4 Å². The van der Waals surface area contributed by atoms with E-state index in [1.165, 1.54) is 11.1 Å². The lowest BCUT2D eigenvalue weighted by Crippen LogP contribution is -2.51. The number of benzene rings is 1. The third kappa shape index (κ3) is 6.91. The third-order valence-corrected chi connectivity index (χ3v) is 6.01. The van der Waals surface area contributed by atoms with Crippen LogP contribution in [0.2, 0.25) is 0 Å². The van der Waals surface area contributed by atoms with Gasteiger partial charge in [-0.25, -0.2) is 9.78 Å². The minimum absolute atomic E-state index is 0.0764. The average molecular weight is 498 g/mol. The highest BCUT2D eigenvalue weighted by Gasteiger charge is 2.25. The van der Waals surface area contributed by atoms with Crippen LogP contribution in [0.25, 0.3) is 11.4 Å². The summed E-state index contributed by atoms with van der Waals surface area (Å²) in [6, 6.07) is 10.9. The highest BCUT2D eigenvalue weighted by atomic mass is 16.8. The van der Waals surface area contributed by atoms with Gasteiger partial charge in [0.2, 0.25) is 11.8 Å². The molecule has 2 aliphatic rings. The van der Waals surface area contributed by atoms with Crippen LogP contribution in [0.15, 0.2) is 36.4 Å². The SMILES string of the molecule is CCOC(=O)ON1CCN(C(=O)CNC(=O)c2cc(OC3CCCC3)nc(-c3ccccc3)n2)CC1. The fourth-order valence-corrected chi connectivity index (χ4v) is 4.13. The quantitative estimate of drug-likeness (QED) is 0.548. The number of nitrogens with one attached hydrogen (secondary N) is 1. The van der Waals surface area contributed by atoms with Gasteiger partial charge in [-0.05, 0) is 32.6 Å². The topological polar surface area (TPSA) is 123 Å². The Morgan fingerprint density at radius 3 is 2.44 bits per heavy atom. The summed E-state index contributed by atoms with van der Waals surface area (Å²) in [6.07, 6.45) is 3.45. The zero-order valence-corrected chi connectivity index (χ0v) is 20.4. The molecule has 1 aromatic heterocycles. The number of carbonyl (C=O) groups is 3. The van der Waals surface area contributed by atoms with Crippen molar-refractivity contribution in [1.82, 2.24) is 25.2 Å². The molecule has 2 aromatic rings. The molecule has 1 aliphatic heterocycles. The normalized spacial score (nSPS) is 16.4. The van der Waals surface area contributed by atoms with Gasteiger partial charge < -0.3 is 24.5 Å². The van der Waals surface area contributed by atoms with Crippen molar-refractivity contribution in [3.8, 4) is 17.3 Å². The zero-order chi connectivity index (χ0) is 25.3. The van der Waals surface area contributed by atoms with E-state index in [1.54, 1.807) is 11.8 Å². The number of rotatable bonds is 8. The van der Waals surface area contributed by atoms with Crippen LogP contribution >= 0.6 is 0 Å². The molecular formula is C25H31N5O6. The number of nitrogens with zero attached hydrogens (tertiary/aromatic N) is 4. The lowest BCUT2D eigenvalue weighted by Gasteiger charge is -2.33. The number of ether oxygens (including phenoxy) is 2. The maximum Gasteiger partial charge on any atom is 0.527 e.